The summed E-state index contributed by atoms with van der Waals surface area (Å²) in [5.74, 6) is 0.275. The molecule has 0 aliphatic rings. The van der Waals surface area contributed by atoms with E-state index in [1.54, 1.807) is 19.5 Å². The van der Waals surface area contributed by atoms with Crippen LogP contribution < -0.4 is 15.4 Å². The van der Waals surface area contributed by atoms with Gasteiger partial charge in [0.1, 0.15) is 11.4 Å². The molecule has 0 atom stereocenters. The van der Waals surface area contributed by atoms with Gasteiger partial charge in [0.05, 0.1) is 13.7 Å². The van der Waals surface area contributed by atoms with Gasteiger partial charge in [-0.2, -0.15) is 0 Å². The molecule has 0 unspecified atom stereocenters. The normalized spacial score (nSPS) is 10.6. The lowest BCUT2D eigenvalue weighted by atomic mass is 10.3. The lowest BCUT2D eigenvalue weighted by molar-refractivity contribution is -0.121. The largest absolute Gasteiger partial charge is 0.497 e. The fourth-order valence-corrected chi connectivity index (χ4v) is 2.89. The number of likely N-dealkylation sites (N-methyl/N-ethyl adjacent to an activating group) is 2. The Hall–Kier alpha value is -2.65. The minimum Gasteiger partial charge on any atom is -0.497 e. The summed E-state index contributed by atoms with van der Waals surface area (Å²) in [5.41, 5.74) is 1.15. The highest BCUT2D eigenvalue weighted by atomic mass is 32.1. The molecule has 1 aromatic heterocycles. The third kappa shape index (κ3) is 6.54. The second kappa shape index (κ2) is 9.89. The Kier molecular flexibility index (Phi) is 7.56. The molecule has 9 heteroatoms. The molecular weight excluding hydrogens is 366 g/mol. The van der Waals surface area contributed by atoms with E-state index in [0.29, 0.717) is 17.4 Å². The number of hydrogen-bond acceptors (Lipinski definition) is 7. The van der Waals surface area contributed by atoms with Crippen LogP contribution in [0.25, 0.3) is 0 Å². The van der Waals surface area contributed by atoms with Crippen molar-refractivity contribution in [3.63, 3.8) is 0 Å². The Bertz CT molecular complexity index is 761. The van der Waals surface area contributed by atoms with Gasteiger partial charge in [-0.1, -0.05) is 0 Å². The molecule has 27 heavy (non-hydrogen) atoms. The number of nitrogens with zero attached hydrogens (tertiary/aromatic N) is 3. The van der Waals surface area contributed by atoms with Crippen LogP contribution in [0, 0.1) is 0 Å². The Balaban J connectivity index is 1.88. The van der Waals surface area contributed by atoms with E-state index in [1.165, 1.54) is 16.2 Å². The number of aromatic nitrogens is 1. The van der Waals surface area contributed by atoms with Gasteiger partial charge < -0.3 is 25.2 Å². The van der Waals surface area contributed by atoms with Crippen molar-refractivity contribution in [3.8, 4) is 5.75 Å². The summed E-state index contributed by atoms with van der Waals surface area (Å²) in [4.78, 5) is 32.0. The maximum absolute atomic E-state index is 12.4. The van der Waals surface area contributed by atoms with E-state index in [2.05, 4.69) is 15.6 Å². The van der Waals surface area contributed by atoms with Crippen molar-refractivity contribution in [3.05, 3.63) is 35.3 Å². The summed E-state index contributed by atoms with van der Waals surface area (Å²) in [6, 6.07) is 7.41. The third-order valence-corrected chi connectivity index (χ3v) is 4.43. The molecule has 0 saturated carbocycles. The second-order valence-corrected chi connectivity index (χ2v) is 7.06. The zero-order valence-electron chi connectivity index (χ0n) is 16.0. The van der Waals surface area contributed by atoms with Crippen molar-refractivity contribution in [2.45, 2.75) is 0 Å². The maximum Gasteiger partial charge on any atom is 0.273 e. The maximum atomic E-state index is 12.4. The van der Waals surface area contributed by atoms with Crippen molar-refractivity contribution in [2.24, 2.45) is 0 Å². The van der Waals surface area contributed by atoms with Crippen LogP contribution in [0.15, 0.2) is 29.6 Å². The third-order valence-electron chi connectivity index (χ3n) is 3.67. The number of carbonyl (C=O) groups is 2. The van der Waals surface area contributed by atoms with E-state index in [9.17, 15) is 9.59 Å². The first-order valence-corrected chi connectivity index (χ1v) is 9.30. The van der Waals surface area contributed by atoms with Gasteiger partial charge in [-0.3, -0.25) is 9.59 Å². The summed E-state index contributed by atoms with van der Waals surface area (Å²) in [7, 11) is 7.06. The molecule has 146 valence electrons. The van der Waals surface area contributed by atoms with Gasteiger partial charge in [0.15, 0.2) is 5.13 Å². The molecule has 1 aromatic carbocycles. The zero-order chi connectivity index (χ0) is 19.8. The van der Waals surface area contributed by atoms with Crippen molar-refractivity contribution < 1.29 is 14.3 Å². The molecule has 0 saturated heterocycles. The summed E-state index contributed by atoms with van der Waals surface area (Å²) in [5, 5.41) is 8.21. The van der Waals surface area contributed by atoms with E-state index in [-0.39, 0.29) is 18.4 Å². The van der Waals surface area contributed by atoms with Gasteiger partial charge in [0.2, 0.25) is 5.91 Å². The first-order valence-electron chi connectivity index (χ1n) is 8.42. The topological polar surface area (TPSA) is 86.8 Å². The predicted molar refractivity (Wildman–Crippen MR) is 107 cm³/mol. The van der Waals surface area contributed by atoms with Crippen LogP contribution in [0.5, 0.6) is 5.75 Å². The first-order chi connectivity index (χ1) is 12.9. The molecule has 0 spiro atoms. The number of anilines is 2. The summed E-state index contributed by atoms with van der Waals surface area (Å²) >= 11 is 1.33. The van der Waals surface area contributed by atoms with Gasteiger partial charge in [-0.05, 0) is 38.4 Å². The van der Waals surface area contributed by atoms with E-state index in [0.717, 1.165) is 18.0 Å². The number of hydrogen-bond donors (Lipinski definition) is 2. The highest BCUT2D eigenvalue weighted by Gasteiger charge is 2.18. The number of thiazole rings is 1. The summed E-state index contributed by atoms with van der Waals surface area (Å²) < 4.78 is 5.12. The molecule has 2 aromatic rings. The number of methoxy groups -OCH3 is 1. The second-order valence-electron chi connectivity index (χ2n) is 6.21. The van der Waals surface area contributed by atoms with E-state index >= 15 is 0 Å². The number of nitrogens with one attached hydrogen (secondary N) is 2. The average Bonchev–Trinajstić information content (AvgIpc) is 3.09. The minimum absolute atomic E-state index is 0.00890. The lowest BCUT2D eigenvalue weighted by Crippen LogP contribution is -2.40. The molecule has 8 nitrogen and oxygen atoms in total. The first kappa shape index (κ1) is 20.7. The molecule has 2 amide bonds. The Labute approximate surface area is 163 Å². The molecule has 2 N–H and O–H groups in total. The molecule has 0 aliphatic carbocycles. The quantitative estimate of drug-likeness (QED) is 0.676. The Morgan fingerprint density at radius 3 is 2.52 bits per heavy atom. The van der Waals surface area contributed by atoms with Gasteiger partial charge in [-0.15, -0.1) is 11.3 Å². The summed E-state index contributed by atoms with van der Waals surface area (Å²) in [6.07, 6.45) is 0. The molecule has 2 rings (SSSR count). The lowest BCUT2D eigenvalue weighted by Gasteiger charge is -2.16. The number of rotatable bonds is 9. The van der Waals surface area contributed by atoms with E-state index in [4.69, 9.17) is 4.74 Å². The van der Waals surface area contributed by atoms with Crippen LogP contribution in [0.3, 0.4) is 0 Å². The van der Waals surface area contributed by atoms with Gasteiger partial charge in [-0.25, -0.2) is 4.98 Å². The highest BCUT2D eigenvalue weighted by molar-refractivity contribution is 7.14. The fourth-order valence-electron chi connectivity index (χ4n) is 2.18. The van der Waals surface area contributed by atoms with E-state index in [1.807, 2.05) is 43.3 Å². The van der Waals surface area contributed by atoms with Gasteiger partial charge in [0, 0.05) is 31.2 Å². The Morgan fingerprint density at radius 2 is 1.89 bits per heavy atom. The fraction of sp³-hybridized carbons (Fsp3) is 0.389. The number of ether oxygens (including phenoxy) is 1. The van der Waals surface area contributed by atoms with Crippen LogP contribution >= 0.6 is 11.3 Å². The van der Waals surface area contributed by atoms with Crippen molar-refractivity contribution in [1.29, 1.82) is 0 Å². The molecule has 0 aliphatic heterocycles. The highest BCUT2D eigenvalue weighted by Crippen LogP contribution is 2.23. The van der Waals surface area contributed by atoms with E-state index < -0.39 is 0 Å². The average molecular weight is 391 g/mol. The standard InChI is InChI=1S/C18H25N5O3S/c1-22(2)10-9-19-16(24)11-23(3)17(25)15-12-27-18(21-15)20-13-5-7-14(26-4)8-6-13/h5-8,12H,9-11H2,1-4H3,(H,19,24)(H,20,21). The summed E-state index contributed by atoms with van der Waals surface area (Å²) in [6.45, 7) is 1.28. The SMILES string of the molecule is COc1ccc(Nc2nc(C(=O)N(C)CC(=O)NCCN(C)C)cs2)cc1. The molecular formula is C18H25N5O3S. The zero-order valence-corrected chi connectivity index (χ0v) is 16.8. The van der Waals surface area contributed by atoms with Crippen LogP contribution in [-0.4, -0.2) is 74.5 Å². The number of benzene rings is 1. The van der Waals surface area contributed by atoms with Crippen LogP contribution in [0.4, 0.5) is 10.8 Å². The van der Waals surface area contributed by atoms with Gasteiger partial charge in [0.25, 0.3) is 5.91 Å². The molecule has 0 fully saturated rings. The van der Waals surface area contributed by atoms with Crippen molar-refractivity contribution in [2.75, 3.05) is 53.2 Å². The van der Waals surface area contributed by atoms with Crippen LogP contribution in [-0.2, 0) is 4.79 Å². The molecule has 0 bridgehead atoms. The molecule has 1 heterocycles. The van der Waals surface area contributed by atoms with Crippen molar-refractivity contribution >= 4 is 34.0 Å². The number of amides is 2. The monoisotopic (exact) mass is 391 g/mol. The molecule has 0 radical (unpaired) electrons. The minimum atomic E-state index is -0.295. The smallest absolute Gasteiger partial charge is 0.273 e. The van der Waals surface area contributed by atoms with Crippen LogP contribution in [0.1, 0.15) is 10.5 Å². The van der Waals surface area contributed by atoms with Crippen molar-refractivity contribution in [1.82, 2.24) is 20.1 Å². The predicted octanol–water partition coefficient (Wildman–Crippen LogP) is 1.65. The van der Waals surface area contributed by atoms with Gasteiger partial charge >= 0.3 is 0 Å². The Morgan fingerprint density at radius 1 is 1.19 bits per heavy atom. The number of carbonyl (C=O) groups excluding carboxylic acids is 2. The van der Waals surface area contributed by atoms with Crippen LogP contribution in [0.2, 0.25) is 0 Å².